The molecule has 0 unspecified atom stereocenters. The van der Waals surface area contributed by atoms with Crippen LogP contribution in [0.3, 0.4) is 0 Å². The highest BCUT2D eigenvalue weighted by atomic mass is 19.1. The first-order chi connectivity index (χ1) is 15.4. The van der Waals surface area contributed by atoms with E-state index in [4.69, 9.17) is 15.9 Å². The number of hydrogen-bond donors (Lipinski definition) is 4. The van der Waals surface area contributed by atoms with Gasteiger partial charge in [0.05, 0.1) is 25.9 Å². The van der Waals surface area contributed by atoms with Gasteiger partial charge >= 0.3 is 0 Å². The molecule has 0 bridgehead atoms. The molecule has 1 amide bonds. The highest BCUT2D eigenvalue weighted by Crippen LogP contribution is 2.27. The highest BCUT2D eigenvalue weighted by Gasteiger charge is 2.31. The Morgan fingerprint density at radius 3 is 2.53 bits per heavy atom. The van der Waals surface area contributed by atoms with E-state index in [2.05, 4.69) is 15.3 Å². The number of carbonyl (C=O) groups excluding carboxylic acids is 1. The number of amides is 1. The van der Waals surface area contributed by atoms with E-state index in [-0.39, 0.29) is 25.0 Å². The van der Waals surface area contributed by atoms with E-state index in [1.54, 1.807) is 30.5 Å². The number of nitrogen functional groups attached to an aromatic ring is 1. The molecule has 2 heterocycles. The Balaban J connectivity index is 1.46. The van der Waals surface area contributed by atoms with Crippen LogP contribution in [0.25, 0.3) is 11.1 Å². The number of likely N-dealkylation sites (tertiary alicyclic amines) is 1. The lowest BCUT2D eigenvalue weighted by Gasteiger charge is -2.34. The number of ether oxygens (including phenoxy) is 1. The van der Waals surface area contributed by atoms with Gasteiger partial charge in [-0.2, -0.15) is 4.99 Å². The Hall–Kier alpha value is -4.14. The Morgan fingerprint density at radius 1 is 1.19 bits per heavy atom. The van der Waals surface area contributed by atoms with Gasteiger partial charge in [0.1, 0.15) is 17.4 Å². The first kappa shape index (κ1) is 21.1. The number of benzene rings is 2. The standard InChI is InChI=1S/C23H23FN6O2/c1-32-20-10-15(22(31)30-12-17(24)13-30)4-8-19(20)28-23(26)29-21-9-5-16(11-27-21)14-2-6-18(25)7-3-14/h2-11,17H,12-13,25H2,1H3,(H3,26,27,28,29). The van der Waals surface area contributed by atoms with Crippen LogP contribution in [-0.2, 0) is 0 Å². The summed E-state index contributed by atoms with van der Waals surface area (Å²) in [7, 11) is 1.47. The maximum absolute atomic E-state index is 13.0. The summed E-state index contributed by atoms with van der Waals surface area (Å²) >= 11 is 0. The molecular weight excluding hydrogens is 411 g/mol. The number of nitrogens with one attached hydrogen (secondary N) is 3. The molecule has 1 aliphatic heterocycles. The quantitative estimate of drug-likeness (QED) is 0.287. The van der Waals surface area contributed by atoms with Crippen LogP contribution in [0.2, 0.25) is 0 Å². The number of guanidine groups is 1. The SMILES string of the molecule is COc1cc(C(=O)N2CC(F)C2)ccc1NC(=N)/N=c1/ccc(-c2ccc(N)cc2)c[nH]1. The van der Waals surface area contributed by atoms with Crippen LogP contribution in [0.4, 0.5) is 15.8 Å². The molecule has 0 aliphatic carbocycles. The summed E-state index contributed by atoms with van der Waals surface area (Å²) in [4.78, 5) is 21.1. The van der Waals surface area contributed by atoms with Crippen molar-refractivity contribution in [1.82, 2.24) is 9.88 Å². The average molecular weight is 434 g/mol. The first-order valence-electron chi connectivity index (χ1n) is 9.99. The third kappa shape index (κ3) is 4.61. The van der Waals surface area contributed by atoms with E-state index in [1.165, 1.54) is 12.0 Å². The number of alkyl halides is 1. The van der Waals surface area contributed by atoms with Gasteiger partial charge in [-0.1, -0.05) is 12.1 Å². The first-order valence-corrected chi connectivity index (χ1v) is 9.99. The number of nitrogens with two attached hydrogens (primary N) is 1. The van der Waals surface area contributed by atoms with Gasteiger partial charge in [0.2, 0.25) is 5.96 Å². The molecule has 8 nitrogen and oxygen atoms in total. The molecule has 9 heteroatoms. The van der Waals surface area contributed by atoms with Gasteiger partial charge in [-0.05, 0) is 53.6 Å². The predicted octanol–water partition coefficient (Wildman–Crippen LogP) is 3.01. The van der Waals surface area contributed by atoms with Crippen LogP contribution in [0.1, 0.15) is 10.4 Å². The van der Waals surface area contributed by atoms with E-state index >= 15 is 0 Å². The molecule has 3 aromatic rings. The molecule has 164 valence electrons. The zero-order valence-corrected chi connectivity index (χ0v) is 17.4. The largest absolute Gasteiger partial charge is 0.495 e. The molecule has 1 fully saturated rings. The fourth-order valence-corrected chi connectivity index (χ4v) is 3.32. The number of carbonyl (C=O) groups is 1. The van der Waals surface area contributed by atoms with Gasteiger partial charge in [0.25, 0.3) is 5.91 Å². The Kier molecular flexibility index (Phi) is 5.89. The number of anilines is 2. The minimum absolute atomic E-state index is 0.109. The van der Waals surface area contributed by atoms with Crippen molar-refractivity contribution < 1.29 is 13.9 Å². The molecule has 0 spiro atoms. The summed E-state index contributed by atoms with van der Waals surface area (Å²) in [6.07, 6.45) is 0.845. The van der Waals surface area contributed by atoms with Crippen LogP contribution >= 0.6 is 0 Å². The van der Waals surface area contributed by atoms with E-state index < -0.39 is 6.17 Å². The van der Waals surface area contributed by atoms with Crippen molar-refractivity contribution in [1.29, 1.82) is 5.41 Å². The van der Waals surface area contributed by atoms with Gasteiger partial charge in [-0.3, -0.25) is 10.2 Å². The fraction of sp³-hybridized carbons (Fsp3) is 0.174. The second-order valence-corrected chi connectivity index (χ2v) is 7.39. The fourth-order valence-electron chi connectivity index (χ4n) is 3.32. The third-order valence-corrected chi connectivity index (χ3v) is 5.10. The van der Waals surface area contributed by atoms with Crippen molar-refractivity contribution in [2.24, 2.45) is 4.99 Å². The number of nitrogens with zero attached hydrogens (tertiary/aromatic N) is 2. The maximum Gasteiger partial charge on any atom is 0.254 e. The molecule has 1 saturated heterocycles. The Labute approximate surface area is 184 Å². The predicted molar refractivity (Wildman–Crippen MR) is 121 cm³/mol. The van der Waals surface area contributed by atoms with Crippen molar-refractivity contribution in [3.05, 3.63) is 71.8 Å². The summed E-state index contributed by atoms with van der Waals surface area (Å²) < 4.78 is 18.4. The van der Waals surface area contributed by atoms with Crippen molar-refractivity contribution in [3.63, 3.8) is 0 Å². The lowest BCUT2D eigenvalue weighted by molar-refractivity contribution is 0.0400. The summed E-state index contributed by atoms with van der Waals surface area (Å²) in [5, 5.41) is 11.0. The number of hydrogen-bond acceptors (Lipinski definition) is 4. The summed E-state index contributed by atoms with van der Waals surface area (Å²) in [5.41, 5.74) is 9.77. The second kappa shape index (κ2) is 8.93. The summed E-state index contributed by atoms with van der Waals surface area (Å²) in [5.74, 6) is 0.0250. The lowest BCUT2D eigenvalue weighted by atomic mass is 10.1. The molecule has 0 saturated carbocycles. The normalized spacial score (nSPS) is 14.1. The monoisotopic (exact) mass is 434 g/mol. The third-order valence-electron chi connectivity index (χ3n) is 5.10. The Bertz CT molecular complexity index is 1200. The smallest absolute Gasteiger partial charge is 0.254 e. The highest BCUT2D eigenvalue weighted by molar-refractivity contribution is 5.98. The van der Waals surface area contributed by atoms with Gasteiger partial charge < -0.3 is 25.7 Å². The number of rotatable bonds is 4. The summed E-state index contributed by atoms with van der Waals surface area (Å²) in [6, 6.07) is 16.0. The molecular formula is C23H23FN6O2. The molecule has 0 atom stereocenters. The van der Waals surface area contributed by atoms with Crippen molar-refractivity contribution in [3.8, 4) is 16.9 Å². The Morgan fingerprint density at radius 2 is 1.91 bits per heavy atom. The zero-order chi connectivity index (χ0) is 22.7. The minimum atomic E-state index is -0.957. The van der Waals surface area contributed by atoms with Crippen LogP contribution in [0.15, 0.2) is 65.8 Å². The van der Waals surface area contributed by atoms with Gasteiger partial charge in [-0.25, -0.2) is 4.39 Å². The van der Waals surface area contributed by atoms with Crippen molar-refractivity contribution in [2.45, 2.75) is 6.17 Å². The topological polar surface area (TPSA) is 120 Å². The van der Waals surface area contributed by atoms with Gasteiger partial charge in [-0.15, -0.1) is 0 Å². The van der Waals surface area contributed by atoms with Crippen LogP contribution in [0, 0.1) is 5.41 Å². The molecule has 1 aromatic heterocycles. The molecule has 32 heavy (non-hydrogen) atoms. The number of aromatic amines is 1. The van der Waals surface area contributed by atoms with E-state index in [0.717, 1.165) is 11.1 Å². The number of halogens is 1. The number of aromatic nitrogens is 1. The van der Waals surface area contributed by atoms with E-state index in [0.29, 0.717) is 28.2 Å². The molecule has 2 aromatic carbocycles. The van der Waals surface area contributed by atoms with Gasteiger partial charge in [0, 0.05) is 17.4 Å². The van der Waals surface area contributed by atoms with Gasteiger partial charge in [0.15, 0.2) is 0 Å². The maximum atomic E-state index is 13.0. The van der Waals surface area contributed by atoms with Crippen LogP contribution in [0.5, 0.6) is 5.75 Å². The molecule has 5 N–H and O–H groups in total. The number of H-pyrrole nitrogens is 1. The minimum Gasteiger partial charge on any atom is -0.495 e. The molecule has 4 rings (SSSR count). The van der Waals surface area contributed by atoms with Crippen LogP contribution in [-0.4, -0.2) is 48.1 Å². The molecule has 1 aliphatic rings. The van der Waals surface area contributed by atoms with E-state index in [9.17, 15) is 9.18 Å². The average Bonchev–Trinajstić information content (AvgIpc) is 2.78. The molecule has 0 radical (unpaired) electrons. The zero-order valence-electron chi connectivity index (χ0n) is 17.4. The summed E-state index contributed by atoms with van der Waals surface area (Å²) in [6.45, 7) is 0.219. The van der Waals surface area contributed by atoms with Crippen LogP contribution < -0.4 is 21.3 Å². The number of methoxy groups -OCH3 is 1. The van der Waals surface area contributed by atoms with Crippen molar-refractivity contribution in [2.75, 3.05) is 31.2 Å². The second-order valence-electron chi connectivity index (χ2n) is 7.39. The van der Waals surface area contributed by atoms with E-state index in [1.807, 2.05) is 30.3 Å². The lowest BCUT2D eigenvalue weighted by Crippen LogP contribution is -2.51. The van der Waals surface area contributed by atoms with Crippen molar-refractivity contribution >= 4 is 23.2 Å². The number of pyridine rings is 1.